The van der Waals surface area contributed by atoms with E-state index in [1.54, 1.807) is 6.08 Å². The van der Waals surface area contributed by atoms with Gasteiger partial charge >= 0.3 is 0 Å². The molecule has 0 aliphatic carbocycles. The molecule has 0 radical (unpaired) electrons. The number of rotatable bonds is 0. The molecule has 58 valence electrons. The van der Waals surface area contributed by atoms with Crippen LogP contribution in [-0.4, -0.2) is 23.0 Å². The van der Waals surface area contributed by atoms with Crippen molar-refractivity contribution in [1.82, 2.24) is 0 Å². The molecule has 0 bridgehead atoms. The summed E-state index contributed by atoms with van der Waals surface area (Å²) in [6.45, 7) is 0.472. The predicted octanol–water partition coefficient (Wildman–Crippen LogP) is -2.08. The van der Waals surface area contributed by atoms with Crippen LogP contribution in [0.15, 0.2) is 12.3 Å². The van der Waals surface area contributed by atoms with Crippen LogP contribution in [0.25, 0.3) is 0 Å². The Morgan fingerprint density at radius 3 is 1.89 bits per heavy atom. The van der Waals surface area contributed by atoms with E-state index in [0.29, 0.717) is 6.61 Å². The summed E-state index contributed by atoms with van der Waals surface area (Å²) < 4.78 is 0. The monoisotopic (exact) mass is 142 g/mol. The topological polar surface area (TPSA) is 122 Å². The lowest BCUT2D eigenvalue weighted by molar-refractivity contribution is -0.493. The largest absolute Gasteiger partial charge is 0.412 e. The van der Waals surface area contributed by atoms with E-state index in [9.17, 15) is 0 Å². The molecular weight excluding hydrogens is 132 g/mol. The van der Waals surface area contributed by atoms with Crippen molar-refractivity contribution in [2.75, 3.05) is 6.61 Å². The van der Waals surface area contributed by atoms with E-state index < -0.39 is 0 Å². The van der Waals surface area contributed by atoms with Crippen LogP contribution in [0.2, 0.25) is 0 Å². The van der Waals surface area contributed by atoms with E-state index in [0.717, 1.165) is 0 Å². The molecule has 1 aliphatic rings. The molecular formula is C3H10O6. The van der Waals surface area contributed by atoms with Crippen molar-refractivity contribution in [1.29, 1.82) is 0 Å². The van der Waals surface area contributed by atoms with Gasteiger partial charge in [0.05, 0.1) is 0 Å². The molecule has 1 heterocycles. The zero-order valence-corrected chi connectivity index (χ0v) is 4.59. The second-order valence-electron chi connectivity index (χ2n) is 0.821. The first-order valence-electron chi connectivity index (χ1n) is 1.60. The average Bonchev–Trinajstić information content (AvgIpc) is 1.72. The van der Waals surface area contributed by atoms with Gasteiger partial charge in [0.2, 0.25) is 0 Å². The molecule has 9 heavy (non-hydrogen) atoms. The van der Waals surface area contributed by atoms with E-state index in [2.05, 4.69) is 14.8 Å². The molecule has 6 nitrogen and oxygen atoms in total. The van der Waals surface area contributed by atoms with Crippen LogP contribution >= 0.6 is 0 Å². The molecule has 0 saturated carbocycles. The Kier molecular flexibility index (Phi) is 18.1. The summed E-state index contributed by atoms with van der Waals surface area (Å²) in [5.74, 6) is 0. The highest BCUT2D eigenvalue weighted by Gasteiger charge is 1.87. The third-order valence-electron chi connectivity index (χ3n) is 0.403. The van der Waals surface area contributed by atoms with Crippen LogP contribution in [0.3, 0.4) is 0 Å². The van der Waals surface area contributed by atoms with Crippen LogP contribution in [0.5, 0.6) is 0 Å². The Morgan fingerprint density at radius 2 is 1.78 bits per heavy atom. The summed E-state index contributed by atoms with van der Waals surface area (Å²) >= 11 is 0. The van der Waals surface area contributed by atoms with Crippen LogP contribution < -0.4 is 0 Å². The van der Waals surface area contributed by atoms with Gasteiger partial charge in [0.1, 0.15) is 12.9 Å². The van der Waals surface area contributed by atoms with Crippen molar-refractivity contribution < 1.29 is 31.2 Å². The van der Waals surface area contributed by atoms with Crippen molar-refractivity contribution in [3.8, 4) is 0 Å². The van der Waals surface area contributed by atoms with Crippen molar-refractivity contribution in [3.63, 3.8) is 0 Å². The van der Waals surface area contributed by atoms with Gasteiger partial charge in [0.25, 0.3) is 0 Å². The smallest absolute Gasteiger partial charge is 0.131 e. The quantitative estimate of drug-likeness (QED) is 0.360. The van der Waals surface area contributed by atoms with E-state index in [1.165, 1.54) is 6.26 Å². The van der Waals surface area contributed by atoms with Gasteiger partial charge in [-0.25, -0.2) is 0 Å². The fourth-order valence-electron chi connectivity index (χ4n) is 0.196. The first-order chi connectivity index (χ1) is 3.00. The molecule has 6 heteroatoms. The third-order valence-corrected chi connectivity index (χ3v) is 0.403. The molecule has 0 aromatic heterocycles. The highest BCUT2D eigenvalue weighted by atomic mass is 17.5. The fourth-order valence-corrected chi connectivity index (χ4v) is 0.196. The minimum absolute atomic E-state index is 0. The molecule has 1 aliphatic heterocycles. The van der Waals surface area contributed by atoms with Crippen molar-refractivity contribution in [2.45, 2.75) is 0 Å². The van der Waals surface area contributed by atoms with E-state index in [1.807, 2.05) is 0 Å². The van der Waals surface area contributed by atoms with Gasteiger partial charge in [-0.15, -0.1) is 0 Å². The number of hydrogen-bond donors (Lipinski definition) is 0. The maximum Gasteiger partial charge on any atom is 0.131 e. The van der Waals surface area contributed by atoms with Crippen LogP contribution in [0.4, 0.5) is 0 Å². The Balaban J connectivity index is -0.000000120. The Hall–Kier alpha value is -0.660. The summed E-state index contributed by atoms with van der Waals surface area (Å²) in [6, 6.07) is 0. The zero-order valence-electron chi connectivity index (χ0n) is 4.59. The molecule has 0 fully saturated rings. The minimum atomic E-state index is 0. The van der Waals surface area contributed by atoms with Crippen molar-refractivity contribution in [3.05, 3.63) is 12.3 Å². The fraction of sp³-hybridized carbons (Fsp3) is 0.333. The van der Waals surface area contributed by atoms with Crippen LogP contribution in [0, 0.1) is 0 Å². The van der Waals surface area contributed by atoms with Crippen molar-refractivity contribution in [2.24, 2.45) is 0 Å². The first kappa shape index (κ1) is 15.8. The molecule has 0 aromatic rings. The van der Waals surface area contributed by atoms with Crippen LogP contribution in [0.1, 0.15) is 0 Å². The second-order valence-corrected chi connectivity index (χ2v) is 0.821. The maximum atomic E-state index is 4.26. The van der Waals surface area contributed by atoms with Gasteiger partial charge in [-0.1, -0.05) is 0 Å². The molecule has 0 saturated heterocycles. The highest BCUT2D eigenvalue weighted by Crippen LogP contribution is 1.89. The van der Waals surface area contributed by atoms with Gasteiger partial charge < -0.3 is 21.3 Å². The Morgan fingerprint density at radius 1 is 1.11 bits per heavy atom. The van der Waals surface area contributed by atoms with E-state index in [4.69, 9.17) is 0 Å². The third kappa shape index (κ3) is 7.34. The summed E-state index contributed by atoms with van der Waals surface area (Å²) in [5.41, 5.74) is 0. The lowest BCUT2D eigenvalue weighted by Gasteiger charge is -1.99. The summed E-state index contributed by atoms with van der Waals surface area (Å²) in [6.07, 6.45) is 3.12. The Labute approximate surface area is 51.4 Å². The second kappa shape index (κ2) is 10.3. The average molecular weight is 142 g/mol. The van der Waals surface area contributed by atoms with Gasteiger partial charge in [-0.05, 0) is 11.1 Å². The highest BCUT2D eigenvalue weighted by molar-refractivity contribution is 4.71. The lowest BCUT2D eigenvalue weighted by atomic mass is 10.7. The molecule has 6 N–H and O–H groups in total. The van der Waals surface area contributed by atoms with Crippen molar-refractivity contribution >= 4 is 0 Å². The van der Waals surface area contributed by atoms with Gasteiger partial charge in [0.15, 0.2) is 0 Å². The molecule has 1 rings (SSSR count). The summed E-state index contributed by atoms with van der Waals surface area (Å²) in [5, 5.41) is 3.98. The molecule has 0 aromatic carbocycles. The van der Waals surface area contributed by atoms with Crippen LogP contribution in [-0.2, 0) is 14.8 Å². The molecule has 0 amide bonds. The van der Waals surface area contributed by atoms with Gasteiger partial charge in [-0.3, -0.25) is 0 Å². The summed E-state index contributed by atoms with van der Waals surface area (Å²) in [7, 11) is 0. The van der Waals surface area contributed by atoms with Gasteiger partial charge in [-0.2, -0.15) is 4.89 Å². The maximum absolute atomic E-state index is 4.26. The minimum Gasteiger partial charge on any atom is -0.412 e. The first-order valence-corrected chi connectivity index (χ1v) is 1.60. The molecule has 0 unspecified atom stereocenters. The lowest BCUT2D eigenvalue weighted by Crippen LogP contribution is -1.96. The van der Waals surface area contributed by atoms with Gasteiger partial charge in [0, 0.05) is 0 Å². The summed E-state index contributed by atoms with van der Waals surface area (Å²) in [4.78, 5) is 8.43. The number of hydrogen-bond acceptors (Lipinski definition) is 3. The predicted molar refractivity (Wildman–Crippen MR) is 28.1 cm³/mol. The standard InChI is InChI=1S/C3H4O3.3H2O/c1-2-4-6-5-3-1;;;/h1-2H,3H2;3*1H2. The van der Waals surface area contributed by atoms with E-state index >= 15 is 0 Å². The van der Waals surface area contributed by atoms with E-state index in [-0.39, 0.29) is 16.4 Å². The SMILES string of the molecule is C1=COOOC1.O.O.O. The Bertz CT molecular complexity index is 53.3. The normalized spacial score (nSPS) is 13.3. The molecule has 0 spiro atoms. The zero-order chi connectivity index (χ0) is 4.24. The molecule has 0 atom stereocenters.